The molecule has 6 rings (SSSR count). The zero-order valence-corrected chi connectivity index (χ0v) is 22.3. The largest absolute Gasteiger partial charge is 0.497 e. The average Bonchev–Trinajstić information content (AvgIpc) is 3.48. The Balaban J connectivity index is 1.41. The van der Waals surface area contributed by atoms with E-state index < -0.39 is 18.1 Å². The van der Waals surface area contributed by atoms with Crippen LogP contribution in [0.2, 0.25) is 0 Å². The molecule has 1 fully saturated rings. The van der Waals surface area contributed by atoms with E-state index in [0.717, 1.165) is 32.1 Å². The normalized spacial score (nSPS) is 18.5. The number of nitrogens with zero attached hydrogens (tertiary/aromatic N) is 1. The Morgan fingerprint density at radius 2 is 1.60 bits per heavy atom. The van der Waals surface area contributed by atoms with Crippen LogP contribution in [0.1, 0.15) is 43.7 Å². The molecule has 0 unspecified atom stereocenters. The van der Waals surface area contributed by atoms with Gasteiger partial charge >= 0.3 is 0 Å². The summed E-state index contributed by atoms with van der Waals surface area (Å²) in [5.74, 6) is 2.11. The van der Waals surface area contributed by atoms with Crippen LogP contribution in [0.4, 0.5) is 5.69 Å². The molecule has 3 aliphatic rings. The molecular formula is C31H32N2O7. The number of benzene rings is 3. The van der Waals surface area contributed by atoms with Crippen molar-refractivity contribution in [3.05, 3.63) is 72.3 Å². The number of carbonyl (C=O) groups excluding carboxylic acids is 2. The number of anilines is 1. The van der Waals surface area contributed by atoms with Crippen LogP contribution < -0.4 is 33.9 Å². The molecule has 2 atom stereocenters. The second-order valence-corrected chi connectivity index (χ2v) is 10.1. The van der Waals surface area contributed by atoms with E-state index in [0.29, 0.717) is 40.0 Å². The first-order chi connectivity index (χ1) is 19.6. The van der Waals surface area contributed by atoms with Crippen molar-refractivity contribution in [3.63, 3.8) is 0 Å². The number of hydrogen-bond acceptors (Lipinski definition) is 7. The Morgan fingerprint density at radius 3 is 2.38 bits per heavy atom. The third-order valence-corrected chi connectivity index (χ3v) is 7.55. The fourth-order valence-corrected chi connectivity index (χ4v) is 5.47. The first-order valence-corrected chi connectivity index (χ1v) is 13.7. The number of rotatable bonds is 7. The molecule has 3 aromatic rings. The smallest absolute Gasteiger partial charge is 0.272 e. The predicted molar refractivity (Wildman–Crippen MR) is 147 cm³/mol. The second kappa shape index (κ2) is 11.4. The zero-order chi connectivity index (χ0) is 27.5. The Morgan fingerprint density at radius 1 is 0.875 bits per heavy atom. The van der Waals surface area contributed by atoms with E-state index in [2.05, 4.69) is 5.32 Å². The van der Waals surface area contributed by atoms with Gasteiger partial charge in [0.2, 0.25) is 18.8 Å². The van der Waals surface area contributed by atoms with Crippen LogP contribution in [0.15, 0.2) is 66.7 Å². The van der Waals surface area contributed by atoms with Crippen molar-refractivity contribution in [3.8, 4) is 28.7 Å². The van der Waals surface area contributed by atoms with E-state index in [1.807, 2.05) is 24.3 Å². The molecule has 1 aliphatic carbocycles. The summed E-state index contributed by atoms with van der Waals surface area (Å²) in [6, 6.07) is 18.7. The average molecular weight is 545 g/mol. The number of amides is 2. The van der Waals surface area contributed by atoms with Crippen molar-refractivity contribution >= 4 is 17.5 Å². The van der Waals surface area contributed by atoms with Crippen LogP contribution >= 0.6 is 0 Å². The maximum atomic E-state index is 14.4. The van der Waals surface area contributed by atoms with Crippen molar-refractivity contribution in [2.24, 2.45) is 0 Å². The fourth-order valence-electron chi connectivity index (χ4n) is 5.47. The fraction of sp³-hybridized carbons (Fsp3) is 0.355. The number of ether oxygens (including phenoxy) is 5. The minimum atomic E-state index is -0.985. The van der Waals surface area contributed by atoms with Crippen molar-refractivity contribution in [1.29, 1.82) is 0 Å². The summed E-state index contributed by atoms with van der Waals surface area (Å²) >= 11 is 0. The zero-order valence-electron chi connectivity index (χ0n) is 22.3. The number of methoxy groups -OCH3 is 1. The Labute approximate surface area is 232 Å². The summed E-state index contributed by atoms with van der Waals surface area (Å²) < 4.78 is 28.5. The third-order valence-electron chi connectivity index (χ3n) is 7.55. The van der Waals surface area contributed by atoms with E-state index in [4.69, 9.17) is 23.7 Å². The second-order valence-electron chi connectivity index (χ2n) is 10.1. The van der Waals surface area contributed by atoms with Gasteiger partial charge in [0.05, 0.1) is 7.11 Å². The first kappa shape index (κ1) is 25.9. The van der Waals surface area contributed by atoms with Crippen LogP contribution in [0.25, 0.3) is 0 Å². The highest BCUT2D eigenvalue weighted by Gasteiger charge is 2.40. The molecule has 0 aromatic heterocycles. The molecule has 0 radical (unpaired) electrons. The molecule has 2 aliphatic heterocycles. The Bertz CT molecular complexity index is 1370. The summed E-state index contributed by atoms with van der Waals surface area (Å²) in [6.45, 7) is 0.101. The van der Waals surface area contributed by atoms with Gasteiger partial charge in [0.25, 0.3) is 5.91 Å². The minimum absolute atomic E-state index is 0.0104. The van der Waals surface area contributed by atoms with Gasteiger partial charge in [0, 0.05) is 17.8 Å². The van der Waals surface area contributed by atoms with E-state index in [-0.39, 0.29) is 25.3 Å². The van der Waals surface area contributed by atoms with Crippen LogP contribution in [0, 0.1) is 0 Å². The highest BCUT2D eigenvalue weighted by molar-refractivity contribution is 6.04. The Hall–Kier alpha value is -4.40. The maximum absolute atomic E-state index is 14.4. The lowest BCUT2D eigenvalue weighted by molar-refractivity contribution is -0.132. The van der Waals surface area contributed by atoms with Crippen molar-refractivity contribution < 1.29 is 33.3 Å². The molecule has 2 heterocycles. The molecule has 0 bridgehead atoms. The Kier molecular flexibility index (Phi) is 7.35. The van der Waals surface area contributed by atoms with E-state index in [9.17, 15) is 9.59 Å². The highest BCUT2D eigenvalue weighted by Crippen LogP contribution is 2.40. The highest BCUT2D eigenvalue weighted by atomic mass is 16.7. The van der Waals surface area contributed by atoms with E-state index >= 15 is 0 Å². The predicted octanol–water partition coefficient (Wildman–Crippen LogP) is 4.79. The molecule has 208 valence electrons. The lowest BCUT2D eigenvalue weighted by atomic mass is 9.94. The van der Waals surface area contributed by atoms with Gasteiger partial charge in [-0.3, -0.25) is 14.5 Å². The summed E-state index contributed by atoms with van der Waals surface area (Å²) in [4.78, 5) is 30.0. The quantitative estimate of drug-likeness (QED) is 0.457. The van der Waals surface area contributed by atoms with Gasteiger partial charge in [-0.15, -0.1) is 0 Å². The first-order valence-electron chi connectivity index (χ1n) is 13.7. The molecule has 3 aromatic carbocycles. The van der Waals surface area contributed by atoms with Crippen LogP contribution in [0.3, 0.4) is 0 Å². The number of fused-ring (bicyclic) bond motifs is 2. The van der Waals surface area contributed by atoms with Gasteiger partial charge in [-0.25, -0.2) is 0 Å². The van der Waals surface area contributed by atoms with E-state index in [1.54, 1.807) is 49.6 Å². The molecule has 1 saturated carbocycles. The molecular weight excluding hydrogens is 512 g/mol. The van der Waals surface area contributed by atoms with Crippen molar-refractivity contribution in [2.75, 3.05) is 25.4 Å². The topological polar surface area (TPSA) is 95.6 Å². The van der Waals surface area contributed by atoms with Crippen LogP contribution in [-0.4, -0.2) is 44.5 Å². The lowest BCUT2D eigenvalue weighted by Gasteiger charge is -2.36. The molecule has 9 nitrogen and oxygen atoms in total. The minimum Gasteiger partial charge on any atom is -0.497 e. The SMILES string of the molecule is COc1ccc([C@@H](C(=O)NC2CCCCC2)N(C(=O)[C@@H]2COc3ccccc3O2)c2ccc3c(c2)OCO3)cc1. The van der Waals surface area contributed by atoms with Gasteiger partial charge < -0.3 is 29.0 Å². The molecule has 40 heavy (non-hydrogen) atoms. The summed E-state index contributed by atoms with van der Waals surface area (Å²) in [6.07, 6.45) is 4.15. The van der Waals surface area contributed by atoms with E-state index in [1.165, 1.54) is 4.90 Å². The summed E-state index contributed by atoms with van der Waals surface area (Å²) in [5, 5.41) is 3.23. The van der Waals surface area contributed by atoms with Gasteiger partial charge in [-0.2, -0.15) is 0 Å². The molecule has 0 spiro atoms. The monoisotopic (exact) mass is 544 g/mol. The third kappa shape index (κ3) is 5.23. The van der Waals surface area contributed by atoms with Gasteiger partial charge in [0.15, 0.2) is 23.0 Å². The van der Waals surface area contributed by atoms with Crippen molar-refractivity contribution in [1.82, 2.24) is 5.32 Å². The van der Waals surface area contributed by atoms with Crippen LogP contribution in [0.5, 0.6) is 28.7 Å². The van der Waals surface area contributed by atoms with Gasteiger partial charge in [-0.05, 0) is 54.8 Å². The molecule has 2 amide bonds. The van der Waals surface area contributed by atoms with Crippen LogP contribution in [-0.2, 0) is 9.59 Å². The summed E-state index contributed by atoms with van der Waals surface area (Å²) in [7, 11) is 1.59. The summed E-state index contributed by atoms with van der Waals surface area (Å²) in [5.41, 5.74) is 1.12. The standard InChI is InChI=1S/C31H32N2O7/c1-36-23-14-11-20(12-15-23)29(30(34)32-21-7-3-2-4-8-21)33(22-13-16-25-27(17-22)39-19-38-25)31(35)28-18-37-24-9-5-6-10-26(24)40-28/h5-6,9-17,21,28-29H,2-4,7-8,18-19H2,1H3,(H,32,34)/t28-,29-/m0/s1. The van der Waals surface area contributed by atoms with Gasteiger partial charge in [0.1, 0.15) is 18.4 Å². The number of hydrogen-bond donors (Lipinski definition) is 1. The molecule has 0 saturated heterocycles. The molecule has 9 heteroatoms. The maximum Gasteiger partial charge on any atom is 0.272 e. The van der Waals surface area contributed by atoms with Crippen molar-refractivity contribution in [2.45, 2.75) is 50.3 Å². The number of para-hydroxylation sites is 2. The molecule has 1 N–H and O–H groups in total. The number of carbonyl (C=O) groups is 2. The number of nitrogens with one attached hydrogen (secondary N) is 1. The van der Waals surface area contributed by atoms with Gasteiger partial charge in [-0.1, -0.05) is 43.5 Å². The lowest BCUT2D eigenvalue weighted by Crippen LogP contribution is -2.52.